The Morgan fingerprint density at radius 2 is 1.81 bits per heavy atom. The summed E-state index contributed by atoms with van der Waals surface area (Å²) in [6.07, 6.45) is 4.74. The largest absolute Gasteiger partial charge is 0.507 e. The van der Waals surface area contributed by atoms with Gasteiger partial charge in [0.1, 0.15) is 18.1 Å². The molecule has 0 spiro atoms. The number of allylic oxidation sites excluding steroid dienone is 1. The number of carbonyl (C=O) groups excluding carboxylic acids is 2. The van der Waals surface area contributed by atoms with E-state index in [-0.39, 0.29) is 36.5 Å². The highest BCUT2D eigenvalue weighted by Gasteiger charge is 2.57. The predicted molar refractivity (Wildman–Crippen MR) is 178 cm³/mol. The summed E-state index contributed by atoms with van der Waals surface area (Å²) in [4.78, 5) is 40.0. The minimum atomic E-state index is -1.14. The Morgan fingerprint density at radius 3 is 2.55 bits per heavy atom. The number of anilines is 1. The number of imide groups is 1. The first-order chi connectivity index (χ1) is 22.7. The molecule has 2 saturated heterocycles. The maximum atomic E-state index is 14.1. The van der Waals surface area contributed by atoms with Crippen molar-refractivity contribution in [2.24, 2.45) is 17.8 Å². The Morgan fingerprint density at radius 1 is 1.04 bits per heavy atom. The molecule has 3 aromatic carbocycles. The number of hydrogen-bond acceptors (Lipinski definition) is 8. The molecule has 2 N–H and O–H groups in total. The lowest BCUT2D eigenvalue weighted by molar-refractivity contribution is -0.384. The van der Waals surface area contributed by atoms with Crippen LogP contribution < -0.4 is 9.64 Å². The summed E-state index contributed by atoms with van der Waals surface area (Å²) in [6, 6.07) is 22.1. The van der Waals surface area contributed by atoms with E-state index in [4.69, 9.17) is 9.39 Å². The zero-order valence-electron chi connectivity index (χ0n) is 26.2. The lowest BCUT2D eigenvalue weighted by Gasteiger charge is -2.43. The molecule has 242 valence electrons. The maximum absolute atomic E-state index is 14.1. The molecule has 2 heterocycles. The van der Waals surface area contributed by atoms with Crippen molar-refractivity contribution in [3.05, 3.63) is 111 Å². The molecule has 0 aromatic heterocycles. The molecule has 47 heavy (non-hydrogen) atoms. The number of phenols is 1. The zero-order chi connectivity index (χ0) is 33.1. The molecule has 3 aliphatic rings. The predicted octanol–water partition coefficient (Wildman–Crippen LogP) is 6.34. The number of fused-ring (bicyclic) bond motifs is 3. The van der Waals surface area contributed by atoms with Crippen LogP contribution >= 0.6 is 0 Å². The van der Waals surface area contributed by atoms with Crippen molar-refractivity contribution in [1.82, 2.24) is 0 Å². The van der Waals surface area contributed by atoms with Crippen molar-refractivity contribution in [1.29, 1.82) is 0 Å². The number of rotatable bonds is 11. The molecule has 0 saturated carbocycles. The molecule has 2 amide bonds. The lowest BCUT2D eigenvalue weighted by Crippen LogP contribution is -2.46. The molecule has 2 aliphatic heterocycles. The Balaban J connectivity index is 1.34. The van der Waals surface area contributed by atoms with Crippen LogP contribution in [-0.4, -0.2) is 46.7 Å². The maximum Gasteiger partial charge on any atom is 0.455 e. The van der Waals surface area contributed by atoms with E-state index in [0.29, 0.717) is 18.6 Å². The van der Waals surface area contributed by atoms with Crippen LogP contribution in [0.3, 0.4) is 0 Å². The van der Waals surface area contributed by atoms with Crippen LogP contribution in [0, 0.1) is 27.9 Å². The van der Waals surface area contributed by atoms with E-state index in [9.17, 15) is 29.8 Å². The molecule has 3 aromatic rings. The van der Waals surface area contributed by atoms with Crippen LogP contribution in [0.25, 0.3) is 6.08 Å². The molecular weight excluding hydrogens is 599 g/mol. The van der Waals surface area contributed by atoms with Gasteiger partial charge in [-0.25, -0.2) is 4.90 Å². The van der Waals surface area contributed by atoms with E-state index in [0.717, 1.165) is 40.0 Å². The van der Waals surface area contributed by atoms with Crippen molar-refractivity contribution in [2.45, 2.75) is 51.5 Å². The normalized spacial score (nSPS) is 22.7. The van der Waals surface area contributed by atoms with Gasteiger partial charge < -0.3 is 19.5 Å². The number of benzene rings is 3. The molecule has 0 unspecified atom stereocenters. The van der Waals surface area contributed by atoms with Gasteiger partial charge in [0, 0.05) is 17.7 Å². The van der Waals surface area contributed by atoms with E-state index in [1.54, 1.807) is 12.1 Å². The second kappa shape index (κ2) is 13.9. The van der Waals surface area contributed by atoms with Crippen molar-refractivity contribution < 1.29 is 34.0 Å². The minimum Gasteiger partial charge on any atom is -0.507 e. The summed E-state index contributed by atoms with van der Waals surface area (Å²) in [7, 11) is -1.14. The molecule has 6 rings (SSSR count). The van der Waals surface area contributed by atoms with Gasteiger partial charge in [0.25, 0.3) is 5.69 Å². The summed E-state index contributed by atoms with van der Waals surface area (Å²) >= 11 is 0. The number of nitrogens with zero attached hydrogens (tertiary/aromatic N) is 2. The highest BCUT2D eigenvalue weighted by Crippen LogP contribution is 2.51. The number of phenolic OH excluding ortho intramolecular Hbond substituents is 1. The van der Waals surface area contributed by atoms with Gasteiger partial charge in [0.05, 0.1) is 28.6 Å². The number of ether oxygens (including phenoxy) is 1. The van der Waals surface area contributed by atoms with Crippen molar-refractivity contribution in [3.8, 4) is 11.5 Å². The summed E-state index contributed by atoms with van der Waals surface area (Å²) in [5.74, 6) is -1.90. The van der Waals surface area contributed by atoms with E-state index in [1.165, 1.54) is 24.3 Å². The average molecular weight is 637 g/mol. The lowest BCUT2D eigenvalue weighted by atomic mass is 9.58. The number of carbonyl (C=O) groups is 2. The second-order valence-corrected chi connectivity index (χ2v) is 12.4. The highest BCUT2D eigenvalue weighted by atomic mass is 16.6. The Hall–Kier alpha value is -4.74. The number of hydrogen-bond donors (Lipinski definition) is 2. The Bertz CT molecular complexity index is 1720. The van der Waals surface area contributed by atoms with Gasteiger partial charge in [0.2, 0.25) is 11.8 Å². The third-order valence-corrected chi connectivity index (χ3v) is 9.36. The molecule has 4 atom stereocenters. The summed E-state index contributed by atoms with van der Waals surface area (Å²) in [6.45, 7) is 2.27. The Labute approximate surface area is 273 Å². The third-order valence-electron chi connectivity index (χ3n) is 9.36. The molecule has 10 nitrogen and oxygen atoms in total. The van der Waals surface area contributed by atoms with Crippen LogP contribution in [0.1, 0.15) is 44.6 Å². The number of nitro benzene ring substituents is 1. The molecule has 11 heteroatoms. The van der Waals surface area contributed by atoms with Crippen LogP contribution in [0.4, 0.5) is 11.4 Å². The highest BCUT2D eigenvalue weighted by molar-refractivity contribution is 6.43. The fraction of sp³-hybridized carbons (Fsp3) is 0.333. The average Bonchev–Trinajstić information content (AvgIpc) is 3.32. The van der Waals surface area contributed by atoms with Gasteiger partial charge in [-0.15, -0.1) is 0 Å². The molecular formula is C36H37BN2O8. The van der Waals surface area contributed by atoms with Crippen molar-refractivity contribution in [2.75, 3.05) is 11.5 Å². The molecule has 2 fully saturated rings. The van der Waals surface area contributed by atoms with Crippen LogP contribution in [0.2, 0.25) is 6.32 Å². The topological polar surface area (TPSA) is 139 Å². The first-order valence-electron chi connectivity index (χ1n) is 16.1. The van der Waals surface area contributed by atoms with Gasteiger partial charge >= 0.3 is 7.12 Å². The summed E-state index contributed by atoms with van der Waals surface area (Å²) in [5.41, 5.74) is 3.54. The Kier molecular flexibility index (Phi) is 9.56. The standard InChI is InChI=1S/C36H37BN2O8/c1-2-9-23(18-24-10-6-7-15-31(24)40)16-17-32-33-25(22-46-28-13-4-3-5-14-28)19-29-34(30(33)21-37(43)47-32)36(42)38(35(29)41)26-11-8-12-27(20-26)39(44)45/h3-8,10-15,18,20,29-30,32,34,40,43H,2,9,16-17,19,21-22H2,1H3/b23-18+/t29-,30+,32-,34-/m1/s1. The SMILES string of the molecule is CCC/C(=C\c1ccccc1O)CC[C@H]1OB(O)C[C@H]2C1=C(COc1ccccc1)C[C@H]1C(=O)N(c3cccc([N+](=O)[O-])c3)C(=O)[C@H]12. The number of amides is 2. The summed E-state index contributed by atoms with van der Waals surface area (Å²) < 4.78 is 12.4. The summed E-state index contributed by atoms with van der Waals surface area (Å²) in [5, 5.41) is 32.9. The van der Waals surface area contributed by atoms with Gasteiger partial charge in [0.15, 0.2) is 0 Å². The van der Waals surface area contributed by atoms with Gasteiger partial charge in [-0.3, -0.25) is 19.7 Å². The van der Waals surface area contributed by atoms with Crippen LogP contribution in [0.5, 0.6) is 11.5 Å². The molecule has 1 aliphatic carbocycles. The number of aromatic hydroxyl groups is 1. The van der Waals surface area contributed by atoms with E-state index in [2.05, 4.69) is 6.92 Å². The van der Waals surface area contributed by atoms with E-state index >= 15 is 0 Å². The number of non-ortho nitro benzene ring substituents is 1. The van der Waals surface area contributed by atoms with E-state index < -0.39 is 47.7 Å². The zero-order valence-corrected chi connectivity index (χ0v) is 26.2. The van der Waals surface area contributed by atoms with Crippen molar-refractivity contribution >= 4 is 36.4 Å². The fourth-order valence-electron chi connectivity index (χ4n) is 7.32. The van der Waals surface area contributed by atoms with Crippen molar-refractivity contribution in [3.63, 3.8) is 0 Å². The number of nitro groups is 1. The van der Waals surface area contributed by atoms with E-state index in [1.807, 2.05) is 48.5 Å². The first-order valence-corrected chi connectivity index (χ1v) is 16.1. The quantitative estimate of drug-likeness (QED) is 0.0817. The molecule has 0 bridgehead atoms. The van der Waals surface area contributed by atoms with Gasteiger partial charge in [-0.05, 0) is 73.3 Å². The third kappa shape index (κ3) is 6.72. The second-order valence-electron chi connectivity index (χ2n) is 12.4. The number of para-hydroxylation sites is 2. The molecule has 0 radical (unpaired) electrons. The minimum absolute atomic E-state index is 0.138. The van der Waals surface area contributed by atoms with Gasteiger partial charge in [-0.1, -0.05) is 67.5 Å². The van der Waals surface area contributed by atoms with Crippen LogP contribution in [-0.2, 0) is 14.2 Å². The van der Waals surface area contributed by atoms with Crippen LogP contribution in [0.15, 0.2) is 95.6 Å². The smallest absolute Gasteiger partial charge is 0.455 e. The van der Waals surface area contributed by atoms with Gasteiger partial charge in [-0.2, -0.15) is 0 Å². The monoisotopic (exact) mass is 636 g/mol. The first kappa shape index (κ1) is 32.2. The fourth-order valence-corrected chi connectivity index (χ4v) is 7.32.